The van der Waals surface area contributed by atoms with Crippen molar-refractivity contribution in [1.29, 1.82) is 0 Å². The second kappa shape index (κ2) is 6.49. The summed E-state index contributed by atoms with van der Waals surface area (Å²) < 4.78 is 8.94. The zero-order valence-corrected chi connectivity index (χ0v) is 13.9. The van der Waals surface area contributed by atoms with Gasteiger partial charge in [0.2, 0.25) is 0 Å². The van der Waals surface area contributed by atoms with Crippen molar-refractivity contribution in [3.63, 3.8) is 0 Å². The molecule has 0 saturated heterocycles. The molecule has 4 aromatic rings. The largest absolute Gasteiger partial charge is 0.380 e. The van der Waals surface area contributed by atoms with Crippen molar-refractivity contribution in [2.75, 3.05) is 13.2 Å². The van der Waals surface area contributed by atoms with Crippen molar-refractivity contribution in [2.45, 2.75) is 13.5 Å². The van der Waals surface area contributed by atoms with E-state index in [2.05, 4.69) is 9.97 Å². The van der Waals surface area contributed by atoms with Gasteiger partial charge in [-0.1, -0.05) is 18.2 Å². The molecule has 0 N–H and O–H groups in total. The quantitative estimate of drug-likeness (QED) is 0.527. The third-order valence-electron chi connectivity index (χ3n) is 4.19. The van der Waals surface area contributed by atoms with Gasteiger partial charge < -0.3 is 9.30 Å². The number of aromatic nitrogens is 4. The lowest BCUT2D eigenvalue weighted by Gasteiger charge is -2.11. The minimum atomic E-state index is -0.124. The van der Waals surface area contributed by atoms with Crippen molar-refractivity contribution in [1.82, 2.24) is 19.1 Å². The van der Waals surface area contributed by atoms with Crippen molar-refractivity contribution in [3.8, 4) is 5.69 Å². The summed E-state index contributed by atoms with van der Waals surface area (Å²) in [6.45, 7) is 3.72. The summed E-state index contributed by atoms with van der Waals surface area (Å²) >= 11 is 0. The molecule has 6 heteroatoms. The van der Waals surface area contributed by atoms with Crippen LogP contribution in [0.25, 0.3) is 27.8 Å². The van der Waals surface area contributed by atoms with Crippen LogP contribution in [-0.4, -0.2) is 32.3 Å². The number of rotatable bonds is 5. The van der Waals surface area contributed by atoms with E-state index >= 15 is 0 Å². The monoisotopic (exact) mass is 334 g/mol. The summed E-state index contributed by atoms with van der Waals surface area (Å²) in [4.78, 5) is 22.2. The SMILES string of the molecule is CCOCCn1cnc2c3cccnc3n(-c3ccccc3)c(=O)c21. The maximum atomic E-state index is 13.3. The highest BCUT2D eigenvalue weighted by molar-refractivity contribution is 6.01. The molecule has 0 radical (unpaired) electrons. The molecule has 0 spiro atoms. The first-order valence-electron chi connectivity index (χ1n) is 8.29. The van der Waals surface area contributed by atoms with E-state index < -0.39 is 0 Å². The molecule has 1 aromatic carbocycles. The van der Waals surface area contributed by atoms with Gasteiger partial charge in [-0.25, -0.2) is 9.97 Å². The molecule has 3 heterocycles. The van der Waals surface area contributed by atoms with Gasteiger partial charge in [-0.05, 0) is 31.2 Å². The Hall–Kier alpha value is -2.99. The number of ether oxygens (including phenoxy) is 1. The molecule has 3 aromatic heterocycles. The normalized spacial score (nSPS) is 11.4. The molecular weight excluding hydrogens is 316 g/mol. The molecule has 4 rings (SSSR count). The second-order valence-electron chi connectivity index (χ2n) is 5.68. The Morgan fingerprint density at radius 2 is 1.92 bits per heavy atom. The third kappa shape index (κ3) is 2.60. The molecular formula is C19H18N4O2. The van der Waals surface area contributed by atoms with E-state index in [-0.39, 0.29) is 5.56 Å². The van der Waals surface area contributed by atoms with Crippen LogP contribution in [0.4, 0.5) is 0 Å². The zero-order chi connectivity index (χ0) is 17.2. The van der Waals surface area contributed by atoms with Gasteiger partial charge in [-0.3, -0.25) is 9.36 Å². The van der Waals surface area contributed by atoms with E-state index in [0.29, 0.717) is 36.4 Å². The van der Waals surface area contributed by atoms with Crippen LogP contribution < -0.4 is 5.56 Å². The number of imidazole rings is 1. The Labute approximate surface area is 144 Å². The summed E-state index contributed by atoms with van der Waals surface area (Å²) in [7, 11) is 0. The summed E-state index contributed by atoms with van der Waals surface area (Å²) in [6, 6.07) is 13.4. The van der Waals surface area contributed by atoms with E-state index in [1.807, 2.05) is 54.0 Å². The second-order valence-corrected chi connectivity index (χ2v) is 5.68. The molecule has 6 nitrogen and oxygen atoms in total. The summed E-state index contributed by atoms with van der Waals surface area (Å²) in [5, 5.41) is 0.858. The maximum Gasteiger partial charge on any atom is 0.282 e. The van der Waals surface area contributed by atoms with Gasteiger partial charge in [0.1, 0.15) is 16.7 Å². The number of para-hydroxylation sites is 1. The summed E-state index contributed by atoms with van der Waals surface area (Å²) in [5.41, 5.74) is 2.53. The Kier molecular flexibility index (Phi) is 4.03. The van der Waals surface area contributed by atoms with E-state index in [1.165, 1.54) is 0 Å². The number of pyridine rings is 2. The van der Waals surface area contributed by atoms with Gasteiger partial charge in [-0.15, -0.1) is 0 Å². The highest BCUT2D eigenvalue weighted by Crippen LogP contribution is 2.22. The fourth-order valence-corrected chi connectivity index (χ4v) is 3.06. The van der Waals surface area contributed by atoms with Crippen LogP contribution in [0.1, 0.15) is 6.92 Å². The lowest BCUT2D eigenvalue weighted by molar-refractivity contribution is 0.140. The molecule has 0 unspecified atom stereocenters. The number of hydrogen-bond donors (Lipinski definition) is 0. The predicted molar refractivity (Wildman–Crippen MR) is 97.1 cm³/mol. The van der Waals surface area contributed by atoms with Gasteiger partial charge in [0.25, 0.3) is 5.56 Å². The Morgan fingerprint density at radius 3 is 2.72 bits per heavy atom. The van der Waals surface area contributed by atoms with Crippen molar-refractivity contribution in [2.24, 2.45) is 0 Å². The molecule has 0 amide bonds. The lowest BCUT2D eigenvalue weighted by atomic mass is 10.2. The van der Waals surface area contributed by atoms with Crippen molar-refractivity contribution >= 4 is 22.1 Å². The van der Waals surface area contributed by atoms with Crippen LogP contribution in [0.15, 0.2) is 59.8 Å². The standard InChI is InChI=1S/C19H18N4O2/c1-2-25-12-11-22-13-21-16-15-9-6-10-20-18(15)23(19(24)17(16)22)14-7-4-3-5-8-14/h3-10,13H,2,11-12H2,1H3. The molecule has 0 bridgehead atoms. The zero-order valence-electron chi connectivity index (χ0n) is 13.9. The molecule has 0 aliphatic rings. The van der Waals surface area contributed by atoms with Gasteiger partial charge in [-0.2, -0.15) is 0 Å². The van der Waals surface area contributed by atoms with Crippen molar-refractivity contribution in [3.05, 3.63) is 65.3 Å². The average Bonchev–Trinajstić information content (AvgIpc) is 3.08. The van der Waals surface area contributed by atoms with E-state index in [0.717, 1.165) is 11.1 Å². The number of nitrogens with zero attached hydrogens (tertiary/aromatic N) is 4. The van der Waals surface area contributed by atoms with Crippen LogP contribution in [-0.2, 0) is 11.3 Å². The topological polar surface area (TPSA) is 61.9 Å². The summed E-state index contributed by atoms with van der Waals surface area (Å²) in [6.07, 6.45) is 3.39. The lowest BCUT2D eigenvalue weighted by Crippen LogP contribution is -2.22. The minimum absolute atomic E-state index is 0.124. The number of benzene rings is 1. The smallest absolute Gasteiger partial charge is 0.282 e. The summed E-state index contributed by atoms with van der Waals surface area (Å²) in [5.74, 6) is 0. The van der Waals surface area contributed by atoms with E-state index in [1.54, 1.807) is 17.1 Å². The molecule has 0 saturated carbocycles. The Balaban J connectivity index is 2.04. The molecule has 25 heavy (non-hydrogen) atoms. The highest BCUT2D eigenvalue weighted by Gasteiger charge is 2.17. The fraction of sp³-hybridized carbons (Fsp3) is 0.211. The number of fused-ring (bicyclic) bond motifs is 3. The van der Waals surface area contributed by atoms with Crippen LogP contribution in [0.5, 0.6) is 0 Å². The molecule has 0 aliphatic heterocycles. The van der Waals surface area contributed by atoms with Crippen LogP contribution in [0.2, 0.25) is 0 Å². The Morgan fingerprint density at radius 1 is 1.08 bits per heavy atom. The number of hydrogen-bond acceptors (Lipinski definition) is 4. The fourth-order valence-electron chi connectivity index (χ4n) is 3.06. The van der Waals surface area contributed by atoms with Crippen molar-refractivity contribution < 1.29 is 4.74 Å². The molecule has 126 valence electrons. The maximum absolute atomic E-state index is 13.3. The van der Waals surface area contributed by atoms with Crippen LogP contribution in [0.3, 0.4) is 0 Å². The first kappa shape index (κ1) is 15.5. The minimum Gasteiger partial charge on any atom is -0.380 e. The van der Waals surface area contributed by atoms with Crippen LogP contribution in [0, 0.1) is 0 Å². The first-order chi connectivity index (χ1) is 12.3. The van der Waals surface area contributed by atoms with Gasteiger partial charge in [0.15, 0.2) is 0 Å². The average molecular weight is 334 g/mol. The molecule has 0 fully saturated rings. The van der Waals surface area contributed by atoms with E-state index in [9.17, 15) is 4.79 Å². The first-order valence-corrected chi connectivity index (χ1v) is 8.29. The van der Waals surface area contributed by atoms with Gasteiger partial charge in [0, 0.05) is 24.7 Å². The molecule has 0 aliphatic carbocycles. The predicted octanol–water partition coefficient (Wildman–Crippen LogP) is 2.77. The van der Waals surface area contributed by atoms with Gasteiger partial charge >= 0.3 is 0 Å². The molecule has 0 atom stereocenters. The third-order valence-corrected chi connectivity index (χ3v) is 4.19. The Bertz CT molecular complexity index is 1080. The van der Waals surface area contributed by atoms with Crippen LogP contribution >= 0.6 is 0 Å². The van der Waals surface area contributed by atoms with Gasteiger partial charge in [0.05, 0.1) is 18.6 Å². The van der Waals surface area contributed by atoms with E-state index in [4.69, 9.17) is 4.74 Å². The highest BCUT2D eigenvalue weighted by atomic mass is 16.5.